The van der Waals surface area contributed by atoms with E-state index in [1.54, 1.807) is 18.2 Å². The number of benzene rings is 1. The molecule has 20 heavy (non-hydrogen) atoms. The third-order valence-electron chi connectivity index (χ3n) is 4.18. The Bertz CT molecular complexity index is 601. The van der Waals surface area contributed by atoms with Crippen molar-refractivity contribution in [1.82, 2.24) is 9.62 Å². The van der Waals surface area contributed by atoms with Gasteiger partial charge in [0.15, 0.2) is 0 Å². The molecule has 0 saturated carbocycles. The lowest BCUT2D eigenvalue weighted by molar-refractivity contribution is 0.228. The Morgan fingerprint density at radius 1 is 1.15 bits per heavy atom. The molecule has 4 nitrogen and oxygen atoms in total. The highest BCUT2D eigenvalue weighted by Gasteiger charge is 2.39. The quantitative estimate of drug-likeness (QED) is 0.902. The highest BCUT2D eigenvalue weighted by Crippen LogP contribution is 2.35. The summed E-state index contributed by atoms with van der Waals surface area (Å²) in [5.41, 5.74) is 0. The Morgan fingerprint density at radius 2 is 1.80 bits per heavy atom. The van der Waals surface area contributed by atoms with Crippen LogP contribution in [0, 0.1) is 11.8 Å². The smallest absolute Gasteiger partial charge is 0.246 e. The Balaban J connectivity index is 1.92. The Morgan fingerprint density at radius 3 is 2.50 bits per heavy atom. The van der Waals surface area contributed by atoms with Gasteiger partial charge in [0.1, 0.15) is 4.90 Å². The predicted octanol–water partition coefficient (Wildman–Crippen LogP) is 2.22. The molecule has 0 bridgehead atoms. The molecule has 0 amide bonds. The first kappa shape index (κ1) is 14.6. The first-order chi connectivity index (χ1) is 9.50. The maximum absolute atomic E-state index is 12.8. The van der Waals surface area contributed by atoms with Crippen LogP contribution in [0.3, 0.4) is 0 Å². The summed E-state index contributed by atoms with van der Waals surface area (Å²) in [7, 11) is -3.62. The van der Waals surface area contributed by atoms with Crippen LogP contribution in [0.25, 0.3) is 0 Å². The van der Waals surface area contributed by atoms with Crippen LogP contribution in [0.15, 0.2) is 23.1 Å². The fraction of sp³-hybridized carbons (Fsp3) is 0.538. The van der Waals surface area contributed by atoms with Crippen molar-refractivity contribution in [2.75, 3.05) is 26.2 Å². The molecule has 2 heterocycles. The van der Waals surface area contributed by atoms with Gasteiger partial charge < -0.3 is 5.32 Å². The topological polar surface area (TPSA) is 49.4 Å². The number of rotatable bonds is 2. The maximum Gasteiger partial charge on any atom is 0.246 e. The molecular formula is C13H16Cl2N2O2S. The summed E-state index contributed by atoms with van der Waals surface area (Å²) in [4.78, 5) is 0.0349. The van der Waals surface area contributed by atoms with E-state index in [1.165, 1.54) is 4.31 Å². The zero-order valence-corrected chi connectivity index (χ0v) is 13.2. The fourth-order valence-corrected chi connectivity index (χ4v) is 5.68. The van der Waals surface area contributed by atoms with Gasteiger partial charge in [-0.1, -0.05) is 29.3 Å². The lowest BCUT2D eigenvalue weighted by Gasteiger charge is -2.33. The van der Waals surface area contributed by atoms with Crippen molar-refractivity contribution in [3.05, 3.63) is 28.2 Å². The van der Waals surface area contributed by atoms with Crippen LogP contribution in [0.1, 0.15) is 6.42 Å². The minimum atomic E-state index is -3.62. The minimum Gasteiger partial charge on any atom is -0.316 e. The number of halogens is 2. The molecule has 1 N–H and O–H groups in total. The average Bonchev–Trinajstić information content (AvgIpc) is 2.85. The van der Waals surface area contributed by atoms with Crippen molar-refractivity contribution in [3.63, 3.8) is 0 Å². The SMILES string of the molecule is O=S(=O)(c1c(Cl)cccc1Cl)N1CCC2CNCC2C1. The molecule has 0 aliphatic carbocycles. The van der Waals surface area contributed by atoms with Gasteiger partial charge >= 0.3 is 0 Å². The van der Waals surface area contributed by atoms with Gasteiger partial charge in [0.25, 0.3) is 0 Å². The van der Waals surface area contributed by atoms with E-state index in [1.807, 2.05) is 0 Å². The third-order valence-corrected chi connectivity index (χ3v) is 7.01. The highest BCUT2D eigenvalue weighted by atomic mass is 35.5. The molecular weight excluding hydrogens is 319 g/mol. The zero-order chi connectivity index (χ0) is 14.3. The second-order valence-electron chi connectivity index (χ2n) is 5.38. The molecule has 2 atom stereocenters. The van der Waals surface area contributed by atoms with Crippen LogP contribution in [-0.4, -0.2) is 38.9 Å². The lowest BCUT2D eigenvalue weighted by Crippen LogP contribution is -2.43. The monoisotopic (exact) mass is 334 g/mol. The molecule has 2 saturated heterocycles. The van der Waals surface area contributed by atoms with Gasteiger partial charge in [0.2, 0.25) is 10.0 Å². The molecule has 1 aromatic rings. The second-order valence-corrected chi connectivity index (χ2v) is 8.07. The number of sulfonamides is 1. The summed E-state index contributed by atoms with van der Waals surface area (Å²) in [5.74, 6) is 0.975. The molecule has 3 rings (SSSR count). The first-order valence-corrected chi connectivity index (χ1v) is 8.84. The number of fused-ring (bicyclic) bond motifs is 1. The average molecular weight is 335 g/mol. The van der Waals surface area contributed by atoms with E-state index >= 15 is 0 Å². The lowest BCUT2D eigenvalue weighted by atomic mass is 9.90. The molecule has 7 heteroatoms. The van der Waals surface area contributed by atoms with E-state index in [4.69, 9.17) is 23.2 Å². The molecule has 110 valence electrons. The van der Waals surface area contributed by atoms with Crippen molar-refractivity contribution in [2.45, 2.75) is 11.3 Å². The molecule has 2 fully saturated rings. The highest BCUT2D eigenvalue weighted by molar-refractivity contribution is 7.89. The van der Waals surface area contributed by atoms with Crippen LogP contribution < -0.4 is 5.32 Å². The van der Waals surface area contributed by atoms with Gasteiger partial charge in [-0.2, -0.15) is 4.31 Å². The number of hydrogen-bond acceptors (Lipinski definition) is 3. The van der Waals surface area contributed by atoms with Gasteiger partial charge in [-0.05, 0) is 43.5 Å². The summed E-state index contributed by atoms with van der Waals surface area (Å²) in [5, 5.41) is 3.69. The standard InChI is InChI=1S/C13H16Cl2N2O2S/c14-11-2-1-3-12(15)13(11)20(18,19)17-5-4-9-6-16-7-10(9)8-17/h1-3,9-10,16H,4-8H2. The van der Waals surface area contributed by atoms with E-state index < -0.39 is 10.0 Å². The molecule has 2 aliphatic heterocycles. The van der Waals surface area contributed by atoms with Gasteiger partial charge in [-0.15, -0.1) is 0 Å². The Labute approximate surface area is 129 Å². The molecule has 1 aromatic carbocycles. The number of hydrogen-bond donors (Lipinski definition) is 1. The largest absolute Gasteiger partial charge is 0.316 e. The van der Waals surface area contributed by atoms with Crippen molar-refractivity contribution in [1.29, 1.82) is 0 Å². The van der Waals surface area contributed by atoms with Gasteiger partial charge in [-0.3, -0.25) is 0 Å². The second kappa shape index (κ2) is 5.46. The normalized spacial score (nSPS) is 27.5. The van der Waals surface area contributed by atoms with Crippen molar-refractivity contribution in [2.24, 2.45) is 11.8 Å². The van der Waals surface area contributed by atoms with Crippen LogP contribution in [-0.2, 0) is 10.0 Å². The first-order valence-electron chi connectivity index (χ1n) is 6.65. The summed E-state index contributed by atoms with van der Waals surface area (Å²) in [6.07, 6.45) is 0.888. The van der Waals surface area contributed by atoms with Gasteiger partial charge in [0.05, 0.1) is 10.0 Å². The predicted molar refractivity (Wildman–Crippen MR) is 79.7 cm³/mol. The van der Waals surface area contributed by atoms with Crippen molar-refractivity contribution >= 4 is 33.2 Å². The van der Waals surface area contributed by atoms with E-state index in [0.29, 0.717) is 24.9 Å². The van der Waals surface area contributed by atoms with Crippen molar-refractivity contribution < 1.29 is 8.42 Å². The van der Waals surface area contributed by atoms with Crippen molar-refractivity contribution in [3.8, 4) is 0 Å². The molecule has 0 aromatic heterocycles. The number of nitrogens with one attached hydrogen (secondary N) is 1. The van der Waals surface area contributed by atoms with Crippen LogP contribution >= 0.6 is 23.2 Å². The number of piperidine rings is 1. The number of nitrogens with zero attached hydrogens (tertiary/aromatic N) is 1. The van der Waals surface area contributed by atoms with E-state index in [2.05, 4.69) is 5.32 Å². The maximum atomic E-state index is 12.8. The Kier molecular flexibility index (Phi) is 3.99. The summed E-state index contributed by atoms with van der Waals surface area (Å²) in [6.45, 7) is 2.95. The summed E-state index contributed by atoms with van der Waals surface area (Å²) >= 11 is 12.1. The third kappa shape index (κ3) is 2.46. The fourth-order valence-electron chi connectivity index (χ4n) is 3.08. The van der Waals surface area contributed by atoms with Crippen LogP contribution in [0.4, 0.5) is 0 Å². The summed E-state index contributed by atoms with van der Waals surface area (Å²) < 4.78 is 27.0. The van der Waals surface area contributed by atoms with Gasteiger partial charge in [-0.25, -0.2) is 8.42 Å². The minimum absolute atomic E-state index is 0.0349. The molecule has 2 aliphatic rings. The molecule has 0 spiro atoms. The Hall–Kier alpha value is -0.330. The molecule has 0 radical (unpaired) electrons. The van der Waals surface area contributed by atoms with Gasteiger partial charge in [0, 0.05) is 13.1 Å². The van der Waals surface area contributed by atoms with E-state index in [-0.39, 0.29) is 14.9 Å². The van der Waals surface area contributed by atoms with Crippen LogP contribution in [0.2, 0.25) is 10.0 Å². The van der Waals surface area contributed by atoms with Crippen LogP contribution in [0.5, 0.6) is 0 Å². The van der Waals surface area contributed by atoms with E-state index in [0.717, 1.165) is 19.5 Å². The summed E-state index contributed by atoms with van der Waals surface area (Å²) in [6, 6.07) is 4.77. The zero-order valence-electron chi connectivity index (χ0n) is 10.9. The van der Waals surface area contributed by atoms with E-state index in [9.17, 15) is 8.42 Å². The molecule has 2 unspecified atom stereocenters.